The molecule has 158 valence electrons. The van der Waals surface area contributed by atoms with Crippen LogP contribution in [0.2, 0.25) is 0 Å². The lowest BCUT2D eigenvalue weighted by Crippen LogP contribution is -2.36. The summed E-state index contributed by atoms with van der Waals surface area (Å²) in [4.78, 5) is 38.8. The number of carbonyl (C=O) groups excluding carboxylic acids is 2. The van der Waals surface area contributed by atoms with Crippen LogP contribution in [0.15, 0.2) is 65.5 Å². The van der Waals surface area contributed by atoms with Crippen molar-refractivity contribution in [3.63, 3.8) is 0 Å². The number of hydrogen-bond donors (Lipinski definition) is 1. The van der Waals surface area contributed by atoms with E-state index >= 15 is 0 Å². The van der Waals surface area contributed by atoms with Crippen molar-refractivity contribution in [3.8, 4) is 11.4 Å². The first-order valence-corrected chi connectivity index (χ1v) is 10.4. The summed E-state index contributed by atoms with van der Waals surface area (Å²) in [5, 5.41) is 2.82. The summed E-state index contributed by atoms with van der Waals surface area (Å²) in [5.41, 5.74) is 2.38. The quantitative estimate of drug-likeness (QED) is 0.669. The lowest BCUT2D eigenvalue weighted by Gasteiger charge is -2.21. The van der Waals surface area contributed by atoms with Crippen LogP contribution in [-0.2, 0) is 12.8 Å². The number of benzene rings is 2. The zero-order valence-corrected chi connectivity index (χ0v) is 17.4. The standard InChI is InChI=1S/C25H24N2O4/c1-31-19-12-10-18(11-13-19)27-22-8-5-9-23(28)20(22)16-21(25(27)30)24(29)26-15-14-17-6-3-2-4-7-17/h2-4,6-7,10-13,16H,5,8-9,14-15H2,1H3,(H,26,29). The molecule has 0 aliphatic heterocycles. The van der Waals surface area contributed by atoms with Gasteiger partial charge in [0.15, 0.2) is 5.78 Å². The van der Waals surface area contributed by atoms with Gasteiger partial charge in [-0.15, -0.1) is 0 Å². The minimum absolute atomic E-state index is 0.0159. The van der Waals surface area contributed by atoms with E-state index in [9.17, 15) is 14.4 Å². The van der Waals surface area contributed by atoms with Crippen LogP contribution in [0.25, 0.3) is 5.69 Å². The molecule has 1 aliphatic rings. The number of fused-ring (bicyclic) bond motifs is 1. The second-order valence-corrected chi connectivity index (χ2v) is 7.53. The molecule has 4 rings (SSSR count). The van der Waals surface area contributed by atoms with Crippen molar-refractivity contribution in [1.29, 1.82) is 0 Å². The van der Waals surface area contributed by atoms with Crippen molar-refractivity contribution < 1.29 is 14.3 Å². The van der Waals surface area contributed by atoms with Crippen LogP contribution in [0.3, 0.4) is 0 Å². The topological polar surface area (TPSA) is 77.4 Å². The van der Waals surface area contributed by atoms with Gasteiger partial charge in [0.25, 0.3) is 11.5 Å². The number of rotatable bonds is 6. The zero-order valence-electron chi connectivity index (χ0n) is 17.4. The average molecular weight is 416 g/mol. The highest BCUT2D eigenvalue weighted by Crippen LogP contribution is 2.24. The van der Waals surface area contributed by atoms with Crippen LogP contribution in [-0.4, -0.2) is 29.9 Å². The van der Waals surface area contributed by atoms with Crippen LogP contribution in [0.4, 0.5) is 0 Å². The van der Waals surface area contributed by atoms with E-state index in [0.717, 1.165) is 5.56 Å². The molecule has 1 aromatic heterocycles. The normalized spacial score (nSPS) is 12.9. The number of ketones is 1. The zero-order chi connectivity index (χ0) is 21.8. The Bertz CT molecular complexity index is 1160. The number of Topliss-reactive ketones (excluding diaryl/α,β-unsaturated/α-hetero) is 1. The number of hydrogen-bond acceptors (Lipinski definition) is 4. The van der Waals surface area contributed by atoms with E-state index in [4.69, 9.17) is 4.74 Å². The number of nitrogens with zero attached hydrogens (tertiary/aromatic N) is 1. The monoisotopic (exact) mass is 416 g/mol. The summed E-state index contributed by atoms with van der Waals surface area (Å²) in [7, 11) is 1.57. The Hall–Kier alpha value is -3.67. The number of carbonyl (C=O) groups is 2. The maximum atomic E-state index is 13.3. The predicted molar refractivity (Wildman–Crippen MR) is 118 cm³/mol. The Morgan fingerprint density at radius 2 is 1.77 bits per heavy atom. The third kappa shape index (κ3) is 4.28. The molecule has 6 nitrogen and oxygen atoms in total. The fourth-order valence-corrected chi connectivity index (χ4v) is 3.92. The molecule has 1 amide bonds. The Balaban J connectivity index is 1.69. The van der Waals surface area contributed by atoms with Crippen LogP contribution in [0.1, 0.15) is 44.8 Å². The maximum absolute atomic E-state index is 13.3. The number of amides is 1. The van der Waals surface area contributed by atoms with Gasteiger partial charge >= 0.3 is 0 Å². The largest absolute Gasteiger partial charge is 0.497 e. The number of ether oxygens (including phenoxy) is 1. The molecule has 0 bridgehead atoms. The second kappa shape index (κ2) is 9.00. The summed E-state index contributed by atoms with van der Waals surface area (Å²) in [6.07, 6.45) is 2.37. The van der Waals surface area contributed by atoms with Crippen molar-refractivity contribution in [2.75, 3.05) is 13.7 Å². The van der Waals surface area contributed by atoms with E-state index in [0.29, 0.717) is 54.9 Å². The Morgan fingerprint density at radius 1 is 1.03 bits per heavy atom. The highest BCUT2D eigenvalue weighted by Gasteiger charge is 2.26. The van der Waals surface area contributed by atoms with Crippen molar-refractivity contribution >= 4 is 11.7 Å². The molecule has 6 heteroatoms. The van der Waals surface area contributed by atoms with E-state index < -0.39 is 11.5 Å². The minimum atomic E-state index is -0.468. The fraction of sp³-hybridized carbons (Fsp3) is 0.240. The van der Waals surface area contributed by atoms with Gasteiger partial charge in [-0.3, -0.25) is 19.0 Å². The molecule has 1 heterocycles. The second-order valence-electron chi connectivity index (χ2n) is 7.53. The molecule has 31 heavy (non-hydrogen) atoms. The molecule has 0 radical (unpaired) electrons. The third-order valence-corrected chi connectivity index (χ3v) is 5.54. The molecule has 0 unspecified atom stereocenters. The average Bonchev–Trinajstić information content (AvgIpc) is 2.80. The number of aromatic nitrogens is 1. The minimum Gasteiger partial charge on any atom is -0.497 e. The Labute approximate surface area is 180 Å². The molecule has 1 N–H and O–H groups in total. The summed E-state index contributed by atoms with van der Waals surface area (Å²) in [6, 6.07) is 18.3. The summed E-state index contributed by atoms with van der Waals surface area (Å²) in [6.45, 7) is 0.399. The first-order chi connectivity index (χ1) is 15.1. The van der Waals surface area contributed by atoms with Crippen molar-refractivity contribution in [2.24, 2.45) is 0 Å². The van der Waals surface area contributed by atoms with Gasteiger partial charge in [-0.25, -0.2) is 0 Å². The van der Waals surface area contributed by atoms with Crippen LogP contribution >= 0.6 is 0 Å². The molecular weight excluding hydrogens is 392 g/mol. The number of nitrogens with one attached hydrogen (secondary N) is 1. The lowest BCUT2D eigenvalue weighted by atomic mass is 9.92. The molecule has 0 fully saturated rings. The van der Waals surface area contributed by atoms with Gasteiger partial charge in [-0.2, -0.15) is 0 Å². The highest BCUT2D eigenvalue weighted by molar-refractivity contribution is 6.01. The number of methoxy groups -OCH3 is 1. The van der Waals surface area contributed by atoms with Crippen LogP contribution < -0.4 is 15.6 Å². The summed E-state index contributed by atoms with van der Waals surface area (Å²) in [5.74, 6) is 0.155. The molecule has 0 saturated carbocycles. The first kappa shape index (κ1) is 20.6. The maximum Gasteiger partial charge on any atom is 0.268 e. The molecule has 0 saturated heterocycles. The molecule has 2 aromatic carbocycles. The Kier molecular flexibility index (Phi) is 5.98. The lowest BCUT2D eigenvalue weighted by molar-refractivity contribution is 0.0952. The number of pyridine rings is 1. The molecule has 3 aromatic rings. The predicted octanol–water partition coefficient (Wildman–Crippen LogP) is 3.34. The van der Waals surface area contributed by atoms with Crippen molar-refractivity contribution in [3.05, 3.63) is 93.4 Å². The summed E-state index contributed by atoms with van der Waals surface area (Å²) >= 11 is 0. The van der Waals surface area contributed by atoms with Gasteiger partial charge in [0.1, 0.15) is 11.3 Å². The van der Waals surface area contributed by atoms with Gasteiger partial charge < -0.3 is 10.1 Å². The molecule has 1 aliphatic carbocycles. The third-order valence-electron chi connectivity index (χ3n) is 5.54. The van der Waals surface area contributed by atoms with Gasteiger partial charge in [-0.1, -0.05) is 30.3 Å². The smallest absolute Gasteiger partial charge is 0.268 e. The highest BCUT2D eigenvalue weighted by atomic mass is 16.5. The van der Waals surface area contributed by atoms with Gasteiger partial charge in [0.2, 0.25) is 0 Å². The SMILES string of the molecule is COc1ccc(-n2c3c(cc(C(=O)NCCc4ccccc4)c2=O)C(=O)CCC3)cc1. The first-order valence-electron chi connectivity index (χ1n) is 10.4. The molecular formula is C25H24N2O4. The molecule has 0 spiro atoms. The van der Waals surface area contributed by atoms with Gasteiger partial charge in [0.05, 0.1) is 7.11 Å². The fourth-order valence-electron chi connectivity index (χ4n) is 3.92. The van der Waals surface area contributed by atoms with Crippen LogP contribution in [0.5, 0.6) is 5.75 Å². The van der Waals surface area contributed by atoms with E-state index in [1.165, 1.54) is 10.6 Å². The van der Waals surface area contributed by atoms with E-state index in [2.05, 4.69) is 5.32 Å². The van der Waals surface area contributed by atoms with Crippen molar-refractivity contribution in [1.82, 2.24) is 9.88 Å². The van der Waals surface area contributed by atoms with Gasteiger partial charge in [0, 0.05) is 29.9 Å². The van der Waals surface area contributed by atoms with E-state index in [1.54, 1.807) is 31.4 Å². The Morgan fingerprint density at radius 3 is 2.48 bits per heavy atom. The van der Waals surface area contributed by atoms with Crippen LogP contribution in [0, 0.1) is 0 Å². The molecule has 0 atom stereocenters. The summed E-state index contributed by atoms with van der Waals surface area (Å²) < 4.78 is 6.70. The van der Waals surface area contributed by atoms with Gasteiger partial charge in [-0.05, 0) is 55.2 Å². The van der Waals surface area contributed by atoms with E-state index in [-0.39, 0.29) is 11.3 Å². The van der Waals surface area contributed by atoms with E-state index in [1.807, 2.05) is 30.3 Å². The van der Waals surface area contributed by atoms with Crippen molar-refractivity contribution in [2.45, 2.75) is 25.7 Å².